The van der Waals surface area contributed by atoms with E-state index < -0.39 is 0 Å². The van der Waals surface area contributed by atoms with Gasteiger partial charge < -0.3 is 10.4 Å². The van der Waals surface area contributed by atoms with Crippen molar-refractivity contribution in [2.75, 3.05) is 7.05 Å². The normalized spacial score (nSPS) is 15.4. The number of hydrogen-bond donors (Lipinski definition) is 2. The summed E-state index contributed by atoms with van der Waals surface area (Å²) >= 11 is 1.64. The highest BCUT2D eigenvalue weighted by atomic mass is 32.1. The summed E-state index contributed by atoms with van der Waals surface area (Å²) in [6.45, 7) is 0. The summed E-state index contributed by atoms with van der Waals surface area (Å²) < 4.78 is 1.04. The molecule has 3 rings (SSSR count). The number of fused-ring (bicyclic) bond motifs is 1. The Kier molecular flexibility index (Phi) is 2.80. The molecule has 0 radical (unpaired) electrons. The van der Waals surface area contributed by atoms with E-state index in [0.717, 1.165) is 28.1 Å². The molecule has 3 nitrogen and oxygen atoms in total. The van der Waals surface area contributed by atoms with Gasteiger partial charge in [-0.25, -0.2) is 4.98 Å². The van der Waals surface area contributed by atoms with Crippen LogP contribution in [0, 0.1) is 0 Å². The van der Waals surface area contributed by atoms with Crippen molar-refractivity contribution >= 4 is 27.1 Å². The first-order valence-electron chi connectivity index (χ1n) is 5.93. The lowest BCUT2D eigenvalue weighted by Gasteiger charge is -2.12. The van der Waals surface area contributed by atoms with Gasteiger partial charge in [-0.2, -0.15) is 0 Å². The number of allylic oxidation sites excluding steroid dienone is 4. The molecule has 2 N–H and O–H groups in total. The molecule has 0 bridgehead atoms. The number of thiazole rings is 1. The van der Waals surface area contributed by atoms with Crippen LogP contribution in [-0.4, -0.2) is 17.1 Å². The minimum absolute atomic E-state index is 0.299. The highest BCUT2D eigenvalue weighted by Crippen LogP contribution is 2.33. The maximum Gasteiger partial charge on any atom is 0.120 e. The molecule has 0 unspecified atom stereocenters. The topological polar surface area (TPSA) is 45.2 Å². The fraction of sp³-hybridized carbons (Fsp3) is 0.214. The maximum absolute atomic E-state index is 9.46. The molecule has 18 heavy (non-hydrogen) atoms. The molecular weight excluding hydrogens is 244 g/mol. The number of phenolic OH excluding ortho intramolecular Hbond substituents is 1. The van der Waals surface area contributed by atoms with Crippen LogP contribution in [0.2, 0.25) is 0 Å². The lowest BCUT2D eigenvalue weighted by atomic mass is 10.0. The van der Waals surface area contributed by atoms with Crippen LogP contribution in [0.5, 0.6) is 5.75 Å². The number of aromatic nitrogens is 1. The lowest BCUT2D eigenvalue weighted by molar-refractivity contribution is 0.476. The zero-order chi connectivity index (χ0) is 12.5. The van der Waals surface area contributed by atoms with Gasteiger partial charge in [0.25, 0.3) is 0 Å². The Labute approximate surface area is 109 Å². The fourth-order valence-corrected chi connectivity index (χ4v) is 3.13. The minimum atomic E-state index is 0.299. The van der Waals surface area contributed by atoms with Gasteiger partial charge in [0.15, 0.2) is 0 Å². The zero-order valence-corrected chi connectivity index (χ0v) is 10.9. The molecule has 0 fully saturated rings. The molecule has 0 aliphatic heterocycles. The molecule has 4 heteroatoms. The molecule has 1 aliphatic carbocycles. The Hall–Kier alpha value is -1.81. The summed E-state index contributed by atoms with van der Waals surface area (Å²) in [5.41, 5.74) is 3.49. The first-order chi connectivity index (χ1) is 8.76. The van der Waals surface area contributed by atoms with Crippen molar-refractivity contribution in [1.29, 1.82) is 0 Å². The Bertz CT molecular complexity index is 655. The first kappa shape index (κ1) is 11.3. The second-order valence-electron chi connectivity index (χ2n) is 4.30. The highest BCUT2D eigenvalue weighted by Gasteiger charge is 2.12. The maximum atomic E-state index is 9.46. The number of hydrogen-bond acceptors (Lipinski definition) is 4. The second kappa shape index (κ2) is 4.46. The van der Waals surface area contributed by atoms with Crippen LogP contribution < -0.4 is 5.32 Å². The van der Waals surface area contributed by atoms with Crippen molar-refractivity contribution in [3.8, 4) is 5.75 Å². The van der Waals surface area contributed by atoms with Gasteiger partial charge in [-0.1, -0.05) is 6.08 Å². The molecule has 1 aliphatic rings. The summed E-state index contributed by atoms with van der Waals surface area (Å²) in [7, 11) is 1.95. The van der Waals surface area contributed by atoms with E-state index in [4.69, 9.17) is 0 Å². The second-order valence-corrected chi connectivity index (χ2v) is 5.34. The van der Waals surface area contributed by atoms with Gasteiger partial charge in [0.2, 0.25) is 0 Å². The Balaban J connectivity index is 2.00. The van der Waals surface area contributed by atoms with Crippen molar-refractivity contribution < 1.29 is 5.11 Å². The monoisotopic (exact) mass is 258 g/mol. The zero-order valence-electron chi connectivity index (χ0n) is 10.1. The molecule has 1 aromatic carbocycles. The molecule has 1 heterocycles. The van der Waals surface area contributed by atoms with Crippen molar-refractivity contribution in [2.45, 2.75) is 12.8 Å². The minimum Gasteiger partial charge on any atom is -0.508 e. The molecule has 0 spiro atoms. The van der Waals surface area contributed by atoms with Gasteiger partial charge in [0.1, 0.15) is 10.8 Å². The van der Waals surface area contributed by atoms with E-state index >= 15 is 0 Å². The van der Waals surface area contributed by atoms with Crippen molar-refractivity contribution in [3.05, 3.63) is 41.1 Å². The molecule has 92 valence electrons. The summed E-state index contributed by atoms with van der Waals surface area (Å²) in [6, 6.07) is 5.32. The van der Waals surface area contributed by atoms with E-state index in [-0.39, 0.29) is 0 Å². The molecule has 0 saturated carbocycles. The average Bonchev–Trinajstić information content (AvgIpc) is 2.81. The predicted molar refractivity (Wildman–Crippen MR) is 75.6 cm³/mol. The van der Waals surface area contributed by atoms with Gasteiger partial charge in [-0.3, -0.25) is 0 Å². The van der Waals surface area contributed by atoms with Gasteiger partial charge in [-0.05, 0) is 42.7 Å². The van der Waals surface area contributed by atoms with Crippen LogP contribution in [0.3, 0.4) is 0 Å². The fourth-order valence-electron chi connectivity index (χ4n) is 2.07. The quantitative estimate of drug-likeness (QED) is 0.869. The van der Waals surface area contributed by atoms with E-state index in [9.17, 15) is 5.11 Å². The largest absolute Gasteiger partial charge is 0.508 e. The van der Waals surface area contributed by atoms with Crippen LogP contribution in [0.15, 0.2) is 36.0 Å². The summed E-state index contributed by atoms with van der Waals surface area (Å²) in [5.74, 6) is 0.299. The SMILES string of the molecule is CNC1=CC=C(c2nc3ccc(O)cc3s2)CC1. The van der Waals surface area contributed by atoms with Crippen LogP contribution in [0.25, 0.3) is 15.8 Å². The van der Waals surface area contributed by atoms with Gasteiger partial charge in [-0.15, -0.1) is 11.3 Å². The van der Waals surface area contributed by atoms with Crippen LogP contribution in [-0.2, 0) is 0 Å². The third-order valence-electron chi connectivity index (χ3n) is 3.12. The molecular formula is C14H14N2OS. The van der Waals surface area contributed by atoms with Crippen molar-refractivity contribution in [1.82, 2.24) is 10.3 Å². The lowest BCUT2D eigenvalue weighted by Crippen LogP contribution is -2.07. The van der Waals surface area contributed by atoms with Crippen LogP contribution in [0.1, 0.15) is 17.8 Å². The van der Waals surface area contributed by atoms with E-state index in [1.54, 1.807) is 23.5 Å². The van der Waals surface area contributed by atoms with E-state index in [1.807, 2.05) is 13.1 Å². The number of rotatable bonds is 2. The highest BCUT2D eigenvalue weighted by molar-refractivity contribution is 7.19. The molecule has 2 aromatic rings. The number of nitrogens with zero attached hydrogens (tertiary/aromatic N) is 1. The third kappa shape index (κ3) is 1.99. The standard InChI is InChI=1S/C14H14N2OS/c1-15-10-4-2-9(3-5-10)14-16-12-7-6-11(17)8-13(12)18-14/h2,4,6-8,15,17H,3,5H2,1H3. The van der Waals surface area contributed by atoms with Gasteiger partial charge in [0.05, 0.1) is 10.2 Å². The molecule has 0 saturated heterocycles. The summed E-state index contributed by atoms with van der Waals surface area (Å²) in [5, 5.41) is 13.7. The number of benzene rings is 1. The average molecular weight is 258 g/mol. The van der Waals surface area contributed by atoms with Crippen molar-refractivity contribution in [3.63, 3.8) is 0 Å². The van der Waals surface area contributed by atoms with Crippen molar-refractivity contribution in [2.24, 2.45) is 0 Å². The van der Waals surface area contributed by atoms with E-state index in [0.29, 0.717) is 5.75 Å². The Morgan fingerprint density at radius 2 is 2.17 bits per heavy atom. The number of phenols is 1. The number of aromatic hydroxyl groups is 1. The van der Waals surface area contributed by atoms with Gasteiger partial charge in [0, 0.05) is 12.7 Å². The molecule has 0 atom stereocenters. The summed E-state index contributed by atoms with van der Waals surface area (Å²) in [6.07, 6.45) is 6.29. The molecule has 1 aromatic heterocycles. The first-order valence-corrected chi connectivity index (χ1v) is 6.75. The van der Waals surface area contributed by atoms with Crippen LogP contribution >= 0.6 is 11.3 Å². The summed E-state index contributed by atoms with van der Waals surface area (Å²) in [4.78, 5) is 4.62. The van der Waals surface area contributed by atoms with E-state index in [1.165, 1.54) is 11.3 Å². The Morgan fingerprint density at radius 1 is 1.28 bits per heavy atom. The third-order valence-corrected chi connectivity index (χ3v) is 4.21. The Morgan fingerprint density at radius 3 is 2.89 bits per heavy atom. The van der Waals surface area contributed by atoms with Gasteiger partial charge >= 0.3 is 0 Å². The smallest absolute Gasteiger partial charge is 0.120 e. The van der Waals surface area contributed by atoms with Crippen LogP contribution in [0.4, 0.5) is 0 Å². The number of nitrogens with one attached hydrogen (secondary N) is 1. The van der Waals surface area contributed by atoms with E-state index in [2.05, 4.69) is 22.5 Å². The molecule has 0 amide bonds. The predicted octanol–water partition coefficient (Wildman–Crippen LogP) is 3.28.